The Hall–Kier alpha value is -2.13. The number of hydrogen-bond donors (Lipinski definition) is 1. The van der Waals surface area contributed by atoms with Crippen LogP contribution in [0.4, 0.5) is 5.69 Å². The van der Waals surface area contributed by atoms with Gasteiger partial charge in [-0.25, -0.2) is 0 Å². The Kier molecular flexibility index (Phi) is 5.31. The normalized spacial score (nSPS) is 26.7. The Bertz CT molecular complexity index is 750. The van der Waals surface area contributed by atoms with E-state index in [1.165, 1.54) is 12.0 Å². The molecule has 27 heavy (non-hydrogen) atoms. The quantitative estimate of drug-likeness (QED) is 0.816. The number of carbonyl (C=O) groups is 1. The van der Waals surface area contributed by atoms with Crippen LogP contribution in [0.1, 0.15) is 44.6 Å². The first-order valence-corrected chi connectivity index (χ1v) is 10.4. The molecular weight excluding hydrogens is 332 g/mol. The average Bonchev–Trinajstić information content (AvgIpc) is 2.75. The average molecular weight is 363 g/mol. The van der Waals surface area contributed by atoms with Crippen molar-refractivity contribution in [2.24, 2.45) is 5.92 Å². The second-order valence-corrected chi connectivity index (χ2v) is 8.13. The van der Waals surface area contributed by atoms with E-state index >= 15 is 0 Å². The highest BCUT2D eigenvalue weighted by atomic mass is 16.2. The van der Waals surface area contributed by atoms with E-state index in [1.807, 2.05) is 25.1 Å². The summed E-state index contributed by atoms with van der Waals surface area (Å²) in [6.07, 6.45) is 6.23. The van der Waals surface area contributed by atoms with Crippen molar-refractivity contribution in [1.82, 2.24) is 5.32 Å². The van der Waals surface area contributed by atoms with Crippen molar-refractivity contribution in [2.45, 2.75) is 57.0 Å². The lowest BCUT2D eigenvalue weighted by molar-refractivity contribution is -0.119. The zero-order valence-corrected chi connectivity index (χ0v) is 16.2. The number of anilines is 1. The van der Waals surface area contributed by atoms with E-state index in [0.29, 0.717) is 12.3 Å². The Morgan fingerprint density at radius 2 is 1.81 bits per heavy atom. The number of amides is 1. The summed E-state index contributed by atoms with van der Waals surface area (Å²) in [5.74, 6) is 0.920. The number of aryl methyl sites for hydroxylation is 1. The Balaban J connectivity index is 1.64. The van der Waals surface area contributed by atoms with Crippen molar-refractivity contribution < 1.29 is 4.79 Å². The van der Waals surface area contributed by atoms with Crippen LogP contribution in [0.15, 0.2) is 60.7 Å². The molecule has 0 radical (unpaired) electrons. The minimum absolute atomic E-state index is 0.0191. The fraction of sp³-hybridized carbons (Fsp3) is 0.458. The highest BCUT2D eigenvalue weighted by molar-refractivity contribution is 5.94. The number of nitrogens with one attached hydrogen (secondary N) is 1. The summed E-state index contributed by atoms with van der Waals surface area (Å²) in [4.78, 5) is 15.1. The van der Waals surface area contributed by atoms with E-state index in [2.05, 4.69) is 52.7 Å². The molecule has 3 nitrogen and oxygen atoms in total. The van der Waals surface area contributed by atoms with Gasteiger partial charge in [-0.1, -0.05) is 55.5 Å². The van der Waals surface area contributed by atoms with Crippen molar-refractivity contribution in [1.29, 1.82) is 0 Å². The van der Waals surface area contributed by atoms with Gasteiger partial charge in [0.1, 0.15) is 0 Å². The summed E-state index contributed by atoms with van der Waals surface area (Å²) < 4.78 is 0. The second-order valence-electron chi connectivity index (χ2n) is 8.13. The Morgan fingerprint density at radius 3 is 2.44 bits per heavy atom. The number of benzene rings is 2. The minimum atomic E-state index is 0.0191. The smallest absolute Gasteiger partial charge is 0.227 e. The number of rotatable bonds is 6. The molecule has 3 fully saturated rings. The lowest BCUT2D eigenvalue weighted by Gasteiger charge is -2.56. The van der Waals surface area contributed by atoms with Crippen LogP contribution in [0.25, 0.3) is 0 Å². The predicted octanol–water partition coefficient (Wildman–Crippen LogP) is 4.57. The molecule has 0 spiro atoms. The van der Waals surface area contributed by atoms with E-state index in [0.717, 1.165) is 37.9 Å². The second kappa shape index (κ2) is 7.85. The molecule has 2 aromatic carbocycles. The molecule has 2 saturated heterocycles. The van der Waals surface area contributed by atoms with Gasteiger partial charge in [-0.3, -0.25) is 4.79 Å². The predicted molar refractivity (Wildman–Crippen MR) is 111 cm³/mol. The summed E-state index contributed by atoms with van der Waals surface area (Å²) in [5.41, 5.74) is 2.45. The molecule has 3 unspecified atom stereocenters. The first-order valence-electron chi connectivity index (χ1n) is 10.4. The highest BCUT2D eigenvalue weighted by Crippen LogP contribution is 2.43. The maximum absolute atomic E-state index is 13.0. The summed E-state index contributed by atoms with van der Waals surface area (Å²) in [6.45, 7) is 3.07. The lowest BCUT2D eigenvalue weighted by Crippen LogP contribution is -2.69. The summed E-state index contributed by atoms with van der Waals surface area (Å²) in [7, 11) is 0. The molecule has 1 saturated carbocycles. The van der Waals surface area contributed by atoms with Gasteiger partial charge in [0.25, 0.3) is 0 Å². The van der Waals surface area contributed by atoms with Gasteiger partial charge in [-0.15, -0.1) is 0 Å². The van der Waals surface area contributed by atoms with E-state index in [1.54, 1.807) is 0 Å². The van der Waals surface area contributed by atoms with Crippen LogP contribution >= 0.6 is 0 Å². The van der Waals surface area contributed by atoms with Crippen LogP contribution in [0.5, 0.6) is 0 Å². The third-order valence-electron chi connectivity index (χ3n) is 6.56. The van der Waals surface area contributed by atoms with Crippen LogP contribution in [-0.4, -0.2) is 24.0 Å². The van der Waals surface area contributed by atoms with Gasteiger partial charge in [0, 0.05) is 17.6 Å². The van der Waals surface area contributed by atoms with Crippen molar-refractivity contribution in [3.63, 3.8) is 0 Å². The zero-order chi connectivity index (χ0) is 18.7. The van der Waals surface area contributed by atoms with Gasteiger partial charge >= 0.3 is 0 Å². The van der Waals surface area contributed by atoms with Gasteiger partial charge in [-0.05, 0) is 62.3 Å². The van der Waals surface area contributed by atoms with E-state index in [-0.39, 0.29) is 17.5 Å². The molecule has 3 heteroatoms. The van der Waals surface area contributed by atoms with Crippen LogP contribution in [0.2, 0.25) is 0 Å². The SMILES string of the molecule is CCC(=O)N(c1ccccc1)C1CC2CCC1(CCc1ccccc1)NC2. The maximum atomic E-state index is 13.0. The van der Waals surface area contributed by atoms with Crippen molar-refractivity contribution in [3.05, 3.63) is 66.2 Å². The van der Waals surface area contributed by atoms with Gasteiger partial charge < -0.3 is 10.2 Å². The van der Waals surface area contributed by atoms with Gasteiger partial charge in [0.2, 0.25) is 5.91 Å². The van der Waals surface area contributed by atoms with Gasteiger partial charge in [-0.2, -0.15) is 0 Å². The number of fused-ring (bicyclic) bond motifs is 3. The van der Waals surface area contributed by atoms with Crippen molar-refractivity contribution in [2.75, 3.05) is 11.4 Å². The molecule has 3 atom stereocenters. The van der Waals surface area contributed by atoms with Crippen LogP contribution < -0.4 is 10.2 Å². The molecule has 2 bridgehead atoms. The summed E-state index contributed by atoms with van der Waals surface area (Å²) in [5, 5.41) is 3.89. The Labute approximate surface area is 162 Å². The number of hydrogen-bond acceptors (Lipinski definition) is 2. The van der Waals surface area contributed by atoms with Crippen LogP contribution in [0.3, 0.4) is 0 Å². The van der Waals surface area contributed by atoms with Crippen LogP contribution in [-0.2, 0) is 11.2 Å². The Morgan fingerprint density at radius 1 is 1.11 bits per heavy atom. The van der Waals surface area contributed by atoms with Gasteiger partial charge in [0.15, 0.2) is 0 Å². The van der Waals surface area contributed by atoms with Crippen molar-refractivity contribution in [3.8, 4) is 0 Å². The molecule has 3 aliphatic rings. The topological polar surface area (TPSA) is 32.3 Å². The molecule has 0 aromatic heterocycles. The monoisotopic (exact) mass is 362 g/mol. The lowest BCUT2D eigenvalue weighted by atomic mass is 9.65. The number of nitrogens with zero attached hydrogens (tertiary/aromatic N) is 1. The number of carbonyl (C=O) groups excluding carboxylic acids is 1. The van der Waals surface area contributed by atoms with Crippen LogP contribution in [0, 0.1) is 5.92 Å². The number of piperidine rings is 2. The first-order chi connectivity index (χ1) is 13.2. The van der Waals surface area contributed by atoms with E-state index in [4.69, 9.17) is 0 Å². The minimum Gasteiger partial charge on any atom is -0.309 e. The zero-order valence-electron chi connectivity index (χ0n) is 16.2. The molecule has 1 amide bonds. The van der Waals surface area contributed by atoms with E-state index in [9.17, 15) is 4.79 Å². The fourth-order valence-electron chi connectivity index (χ4n) is 5.03. The molecular formula is C24H30N2O. The molecule has 2 aliphatic heterocycles. The van der Waals surface area contributed by atoms with Crippen molar-refractivity contribution >= 4 is 11.6 Å². The fourth-order valence-corrected chi connectivity index (χ4v) is 5.03. The summed E-state index contributed by atoms with van der Waals surface area (Å²) in [6, 6.07) is 21.2. The maximum Gasteiger partial charge on any atom is 0.227 e. The molecule has 142 valence electrons. The third-order valence-corrected chi connectivity index (χ3v) is 6.56. The standard InChI is InChI=1S/C24H30N2O/c1-2-23(27)26(21-11-7-4-8-12-21)22-17-20-14-16-24(22,25-18-20)15-13-19-9-5-3-6-10-19/h3-12,20,22,25H,2,13-18H2,1H3. The molecule has 2 heterocycles. The molecule has 2 aromatic rings. The largest absolute Gasteiger partial charge is 0.309 e. The van der Waals surface area contributed by atoms with E-state index < -0.39 is 0 Å². The highest BCUT2D eigenvalue weighted by Gasteiger charge is 2.50. The molecule has 1 aliphatic carbocycles. The molecule has 5 rings (SSSR count). The van der Waals surface area contributed by atoms with Gasteiger partial charge in [0.05, 0.1) is 6.04 Å². The summed E-state index contributed by atoms with van der Waals surface area (Å²) >= 11 is 0. The first kappa shape index (κ1) is 18.2. The third kappa shape index (κ3) is 3.66. The number of para-hydroxylation sites is 1. The molecule has 1 N–H and O–H groups in total.